The van der Waals surface area contributed by atoms with Crippen LogP contribution in [0.25, 0.3) is 0 Å². The van der Waals surface area contributed by atoms with Gasteiger partial charge < -0.3 is 10.6 Å². The molecule has 0 radical (unpaired) electrons. The van der Waals surface area contributed by atoms with Crippen LogP contribution in [0.1, 0.15) is 21.5 Å². The highest BCUT2D eigenvalue weighted by atomic mass is 35.5. The van der Waals surface area contributed by atoms with Crippen molar-refractivity contribution in [3.05, 3.63) is 63.9 Å². The molecule has 0 aromatic heterocycles. The number of carbonyl (C=O) groups is 1. The van der Waals surface area contributed by atoms with Crippen LogP contribution < -0.4 is 10.6 Å². The van der Waals surface area contributed by atoms with Crippen LogP contribution in [0.2, 0.25) is 5.02 Å². The Morgan fingerprint density at radius 2 is 2.00 bits per heavy atom. The number of aryl methyl sites for hydroxylation is 1. The van der Waals surface area contributed by atoms with Crippen molar-refractivity contribution in [2.75, 3.05) is 12.4 Å². The molecular formula is C16H16ClFN2O. The molecule has 0 unspecified atom stereocenters. The summed E-state index contributed by atoms with van der Waals surface area (Å²) >= 11 is 6.12. The lowest BCUT2D eigenvalue weighted by atomic mass is 10.1. The highest BCUT2D eigenvalue weighted by Gasteiger charge is 2.08. The maximum absolute atomic E-state index is 13.1. The van der Waals surface area contributed by atoms with Gasteiger partial charge in [-0.1, -0.05) is 17.7 Å². The summed E-state index contributed by atoms with van der Waals surface area (Å²) in [7, 11) is 1.58. The lowest BCUT2D eigenvalue weighted by molar-refractivity contribution is 0.0963. The molecule has 5 heteroatoms. The number of rotatable bonds is 4. The second-order valence-corrected chi connectivity index (χ2v) is 5.11. The lowest BCUT2D eigenvalue weighted by Gasteiger charge is -2.12. The van der Waals surface area contributed by atoms with Gasteiger partial charge in [-0.3, -0.25) is 4.79 Å². The van der Waals surface area contributed by atoms with E-state index in [-0.39, 0.29) is 11.7 Å². The number of hydrogen-bond donors (Lipinski definition) is 2. The van der Waals surface area contributed by atoms with Gasteiger partial charge >= 0.3 is 0 Å². The van der Waals surface area contributed by atoms with Gasteiger partial charge in [-0.15, -0.1) is 0 Å². The summed E-state index contributed by atoms with van der Waals surface area (Å²) in [4.78, 5) is 11.6. The van der Waals surface area contributed by atoms with E-state index in [1.54, 1.807) is 31.3 Å². The predicted octanol–water partition coefficient (Wildman–Crippen LogP) is 3.76. The molecule has 2 rings (SSSR count). The molecule has 0 bridgehead atoms. The number of hydrogen-bond acceptors (Lipinski definition) is 2. The quantitative estimate of drug-likeness (QED) is 0.903. The zero-order valence-corrected chi connectivity index (χ0v) is 12.6. The Balaban J connectivity index is 2.17. The molecule has 0 saturated heterocycles. The standard InChI is InChI=1S/C16H16ClFN2O/c1-10-7-13(18)5-3-12(10)9-20-15-8-11(16(21)19-2)4-6-14(15)17/h3-8,20H,9H2,1-2H3,(H,19,21). The summed E-state index contributed by atoms with van der Waals surface area (Å²) < 4.78 is 13.1. The van der Waals surface area contributed by atoms with Gasteiger partial charge in [0.2, 0.25) is 0 Å². The Morgan fingerprint density at radius 1 is 1.24 bits per heavy atom. The molecule has 21 heavy (non-hydrogen) atoms. The second-order valence-electron chi connectivity index (χ2n) is 4.70. The summed E-state index contributed by atoms with van der Waals surface area (Å²) in [5, 5.41) is 6.27. The van der Waals surface area contributed by atoms with Crippen LogP contribution >= 0.6 is 11.6 Å². The second kappa shape index (κ2) is 6.59. The van der Waals surface area contributed by atoms with E-state index in [9.17, 15) is 9.18 Å². The first kappa shape index (κ1) is 15.3. The molecular weight excluding hydrogens is 291 g/mol. The predicted molar refractivity (Wildman–Crippen MR) is 83.3 cm³/mol. The Kier molecular flexibility index (Phi) is 4.81. The van der Waals surface area contributed by atoms with Crippen LogP contribution in [-0.4, -0.2) is 13.0 Å². The molecule has 1 amide bonds. The molecule has 3 nitrogen and oxygen atoms in total. The number of nitrogens with one attached hydrogen (secondary N) is 2. The molecule has 2 aromatic carbocycles. The van der Waals surface area contributed by atoms with Gasteiger partial charge in [0.15, 0.2) is 0 Å². The average molecular weight is 307 g/mol. The largest absolute Gasteiger partial charge is 0.380 e. The lowest BCUT2D eigenvalue weighted by Crippen LogP contribution is -2.17. The minimum atomic E-state index is -0.254. The van der Waals surface area contributed by atoms with Crippen molar-refractivity contribution in [1.29, 1.82) is 0 Å². The molecule has 110 valence electrons. The topological polar surface area (TPSA) is 41.1 Å². The Bertz CT molecular complexity index is 673. The van der Waals surface area contributed by atoms with E-state index in [2.05, 4.69) is 10.6 Å². The van der Waals surface area contributed by atoms with E-state index in [0.717, 1.165) is 11.1 Å². The van der Waals surface area contributed by atoms with Gasteiger partial charge in [-0.2, -0.15) is 0 Å². The van der Waals surface area contributed by atoms with Gasteiger partial charge in [-0.25, -0.2) is 4.39 Å². The van der Waals surface area contributed by atoms with Crippen molar-refractivity contribution in [2.45, 2.75) is 13.5 Å². The summed E-state index contributed by atoms with van der Waals surface area (Å²) in [5.41, 5.74) is 3.03. The fourth-order valence-corrected chi connectivity index (χ4v) is 2.18. The van der Waals surface area contributed by atoms with Crippen LogP contribution in [0.15, 0.2) is 36.4 Å². The number of amides is 1. The summed E-state index contributed by atoms with van der Waals surface area (Å²) in [6.07, 6.45) is 0. The minimum absolute atomic E-state index is 0.173. The Morgan fingerprint density at radius 3 is 2.67 bits per heavy atom. The summed E-state index contributed by atoms with van der Waals surface area (Å²) in [5.74, 6) is -0.427. The molecule has 0 heterocycles. The maximum atomic E-state index is 13.1. The third kappa shape index (κ3) is 3.73. The van der Waals surface area contributed by atoms with E-state index in [4.69, 9.17) is 11.6 Å². The molecule has 0 spiro atoms. The average Bonchev–Trinajstić information content (AvgIpc) is 2.47. The molecule has 0 saturated carbocycles. The van der Waals surface area contributed by atoms with Crippen LogP contribution in [-0.2, 0) is 6.54 Å². The van der Waals surface area contributed by atoms with Crippen molar-refractivity contribution < 1.29 is 9.18 Å². The van der Waals surface area contributed by atoms with Crippen molar-refractivity contribution >= 4 is 23.2 Å². The highest BCUT2D eigenvalue weighted by molar-refractivity contribution is 6.33. The third-order valence-electron chi connectivity index (χ3n) is 3.23. The van der Waals surface area contributed by atoms with Gasteiger partial charge in [-0.05, 0) is 48.4 Å². The van der Waals surface area contributed by atoms with Gasteiger partial charge in [0, 0.05) is 19.2 Å². The minimum Gasteiger partial charge on any atom is -0.380 e. The molecule has 0 atom stereocenters. The van der Waals surface area contributed by atoms with Gasteiger partial charge in [0.05, 0.1) is 10.7 Å². The molecule has 0 aliphatic carbocycles. The monoisotopic (exact) mass is 306 g/mol. The van der Waals surface area contributed by atoms with Crippen molar-refractivity contribution in [2.24, 2.45) is 0 Å². The van der Waals surface area contributed by atoms with E-state index in [1.165, 1.54) is 12.1 Å². The van der Waals surface area contributed by atoms with Crippen LogP contribution in [0, 0.1) is 12.7 Å². The maximum Gasteiger partial charge on any atom is 0.251 e. The molecule has 2 aromatic rings. The Hall–Kier alpha value is -2.07. The number of carbonyl (C=O) groups excluding carboxylic acids is 1. The van der Waals surface area contributed by atoms with Gasteiger partial charge in [0.25, 0.3) is 5.91 Å². The number of benzene rings is 2. The first-order valence-electron chi connectivity index (χ1n) is 6.52. The van der Waals surface area contributed by atoms with Crippen molar-refractivity contribution in [3.8, 4) is 0 Å². The van der Waals surface area contributed by atoms with Crippen LogP contribution in [0.4, 0.5) is 10.1 Å². The number of anilines is 1. The molecule has 0 aliphatic heterocycles. The number of halogens is 2. The summed E-state index contributed by atoms with van der Waals surface area (Å²) in [6, 6.07) is 9.67. The third-order valence-corrected chi connectivity index (χ3v) is 3.56. The van der Waals surface area contributed by atoms with E-state index >= 15 is 0 Å². The zero-order chi connectivity index (χ0) is 15.4. The Labute approximate surface area is 128 Å². The normalized spacial score (nSPS) is 10.3. The van der Waals surface area contributed by atoms with Crippen LogP contribution in [0.3, 0.4) is 0 Å². The fourth-order valence-electron chi connectivity index (χ4n) is 1.99. The zero-order valence-electron chi connectivity index (χ0n) is 11.8. The molecule has 2 N–H and O–H groups in total. The highest BCUT2D eigenvalue weighted by Crippen LogP contribution is 2.24. The van der Waals surface area contributed by atoms with Crippen molar-refractivity contribution in [1.82, 2.24) is 5.32 Å². The molecule has 0 aliphatic rings. The fraction of sp³-hybridized carbons (Fsp3) is 0.188. The first-order valence-corrected chi connectivity index (χ1v) is 6.89. The van der Waals surface area contributed by atoms with E-state index in [1.807, 2.05) is 6.92 Å². The van der Waals surface area contributed by atoms with Crippen molar-refractivity contribution in [3.63, 3.8) is 0 Å². The summed E-state index contributed by atoms with van der Waals surface area (Å²) in [6.45, 7) is 2.35. The van der Waals surface area contributed by atoms with Gasteiger partial charge in [0.1, 0.15) is 5.82 Å². The smallest absolute Gasteiger partial charge is 0.251 e. The van der Waals surface area contributed by atoms with E-state index in [0.29, 0.717) is 22.8 Å². The molecule has 0 fully saturated rings. The van der Waals surface area contributed by atoms with E-state index < -0.39 is 0 Å². The SMILES string of the molecule is CNC(=O)c1ccc(Cl)c(NCc2ccc(F)cc2C)c1. The van der Waals surface area contributed by atoms with Crippen LogP contribution in [0.5, 0.6) is 0 Å². The first-order chi connectivity index (χ1) is 10.0.